The highest BCUT2D eigenvalue weighted by molar-refractivity contribution is 7.98. The summed E-state index contributed by atoms with van der Waals surface area (Å²) in [4.78, 5) is 25.8. The normalized spacial score (nSPS) is 18.3. The highest BCUT2D eigenvalue weighted by Crippen LogP contribution is 2.34. The Bertz CT molecular complexity index is 1060. The Morgan fingerprint density at radius 1 is 1.20 bits per heavy atom. The summed E-state index contributed by atoms with van der Waals surface area (Å²) in [5.41, 5.74) is 4.17. The fourth-order valence-corrected chi connectivity index (χ4v) is 4.60. The van der Waals surface area contributed by atoms with E-state index in [0.717, 1.165) is 47.3 Å². The van der Waals surface area contributed by atoms with Gasteiger partial charge in [-0.25, -0.2) is 0 Å². The quantitative estimate of drug-likeness (QED) is 0.573. The highest BCUT2D eigenvalue weighted by Gasteiger charge is 2.28. The number of carbonyl (C=O) groups excluding carboxylic acids is 2. The number of nitrogens with zero attached hydrogens (tertiary/aromatic N) is 2. The number of anilines is 1. The van der Waals surface area contributed by atoms with Crippen molar-refractivity contribution < 1.29 is 9.59 Å². The van der Waals surface area contributed by atoms with Crippen molar-refractivity contribution in [3.05, 3.63) is 69.8 Å². The van der Waals surface area contributed by atoms with Crippen LogP contribution in [0.5, 0.6) is 0 Å². The number of hydrogen-bond acceptors (Lipinski definition) is 4. The molecule has 1 N–H and O–H groups in total. The maximum Gasteiger partial charge on any atom is 0.291 e. The highest BCUT2D eigenvalue weighted by atomic mass is 35.5. The molecule has 0 saturated heterocycles. The third-order valence-corrected chi connectivity index (χ3v) is 6.55. The molecule has 30 heavy (non-hydrogen) atoms. The summed E-state index contributed by atoms with van der Waals surface area (Å²) in [7, 11) is 0. The largest absolute Gasteiger partial charge is 0.322 e. The van der Waals surface area contributed by atoms with E-state index in [1.807, 2.05) is 36.6 Å². The number of thioether (sulfide) groups is 1. The molecule has 7 heteroatoms. The van der Waals surface area contributed by atoms with E-state index in [4.69, 9.17) is 11.6 Å². The van der Waals surface area contributed by atoms with Gasteiger partial charge in [0.2, 0.25) is 0 Å². The molecule has 154 valence electrons. The van der Waals surface area contributed by atoms with Gasteiger partial charge in [-0.15, -0.1) is 16.9 Å². The Morgan fingerprint density at radius 3 is 2.87 bits per heavy atom. The van der Waals surface area contributed by atoms with Crippen LogP contribution in [0.3, 0.4) is 0 Å². The van der Waals surface area contributed by atoms with E-state index in [1.165, 1.54) is 0 Å². The monoisotopic (exact) mass is 439 g/mol. The Hall–Kier alpha value is -2.44. The van der Waals surface area contributed by atoms with Crippen molar-refractivity contribution in [2.45, 2.75) is 43.0 Å². The first kappa shape index (κ1) is 20.8. The van der Waals surface area contributed by atoms with Crippen LogP contribution in [0.1, 0.15) is 41.6 Å². The van der Waals surface area contributed by atoms with Crippen LogP contribution in [-0.4, -0.2) is 24.1 Å². The molecule has 2 aromatic carbocycles. The Balaban J connectivity index is 1.51. The molecule has 2 aromatic rings. The van der Waals surface area contributed by atoms with Crippen LogP contribution in [0, 0.1) is 0 Å². The van der Waals surface area contributed by atoms with Crippen molar-refractivity contribution in [1.82, 2.24) is 0 Å². The lowest BCUT2D eigenvalue weighted by molar-refractivity contribution is -0.115. The predicted octanol–water partition coefficient (Wildman–Crippen LogP) is 6.09. The fraction of sp³-hybridized carbons (Fsp3) is 0.304. The van der Waals surface area contributed by atoms with Crippen molar-refractivity contribution in [3.63, 3.8) is 0 Å². The molecule has 0 fully saturated rings. The van der Waals surface area contributed by atoms with Gasteiger partial charge in [0.05, 0.1) is 16.6 Å². The minimum absolute atomic E-state index is 0.100. The molecule has 4 rings (SSSR count). The number of hydrogen-bond donors (Lipinski definition) is 1. The molecule has 0 bridgehead atoms. The molecule has 0 aromatic heterocycles. The maximum atomic E-state index is 12.7. The zero-order valence-corrected chi connectivity index (χ0v) is 18.2. The zero-order valence-electron chi connectivity index (χ0n) is 16.7. The summed E-state index contributed by atoms with van der Waals surface area (Å²) in [6.07, 6.45) is 6.44. The standard InChI is InChI=1S/C23H22ClN3O2S/c1-30-16-9-10-20(24)19(13-16)22(28)25-15-6-4-5-14(11-15)12-21-17-7-2-3-8-18(17)23(29)27-26-21/h4-6,9-11,13,21H,2-3,7-8,12H2,1H3,(H,25,28). The van der Waals surface area contributed by atoms with E-state index in [9.17, 15) is 9.59 Å². The van der Waals surface area contributed by atoms with Crippen LogP contribution in [0.4, 0.5) is 5.69 Å². The number of halogens is 1. The first-order chi connectivity index (χ1) is 14.5. The van der Waals surface area contributed by atoms with E-state index < -0.39 is 0 Å². The van der Waals surface area contributed by atoms with Gasteiger partial charge in [0.1, 0.15) is 0 Å². The number of carbonyl (C=O) groups is 2. The van der Waals surface area contributed by atoms with Crippen molar-refractivity contribution in [3.8, 4) is 0 Å². The molecule has 2 amide bonds. The third kappa shape index (κ3) is 4.50. The second-order valence-corrected chi connectivity index (χ2v) is 8.74. The first-order valence-electron chi connectivity index (χ1n) is 9.96. The lowest BCUT2D eigenvalue weighted by Crippen LogP contribution is -2.23. The fourth-order valence-electron chi connectivity index (χ4n) is 3.96. The first-order valence-corrected chi connectivity index (χ1v) is 11.6. The summed E-state index contributed by atoms with van der Waals surface area (Å²) >= 11 is 7.79. The molecule has 1 aliphatic heterocycles. The van der Waals surface area contributed by atoms with Crippen molar-refractivity contribution >= 4 is 40.9 Å². The second-order valence-electron chi connectivity index (χ2n) is 7.45. The lowest BCUT2D eigenvalue weighted by Gasteiger charge is -2.25. The summed E-state index contributed by atoms with van der Waals surface area (Å²) in [6, 6.07) is 13.0. The van der Waals surface area contributed by atoms with E-state index in [2.05, 4.69) is 15.5 Å². The Kier molecular flexibility index (Phi) is 6.35. The van der Waals surface area contributed by atoms with E-state index in [0.29, 0.717) is 22.7 Å². The van der Waals surface area contributed by atoms with Crippen LogP contribution in [0.2, 0.25) is 5.02 Å². The van der Waals surface area contributed by atoms with Crippen LogP contribution in [-0.2, 0) is 11.2 Å². The SMILES string of the molecule is CSc1ccc(Cl)c(C(=O)Nc2cccc(CC3N=NC(=O)C4=C3CCCC4)c2)c1. The molecule has 1 aliphatic carbocycles. The molecule has 0 radical (unpaired) electrons. The topological polar surface area (TPSA) is 70.9 Å². The summed E-state index contributed by atoms with van der Waals surface area (Å²) in [6.45, 7) is 0. The van der Waals surface area contributed by atoms with Gasteiger partial charge < -0.3 is 5.32 Å². The smallest absolute Gasteiger partial charge is 0.291 e. The van der Waals surface area contributed by atoms with Gasteiger partial charge in [-0.3, -0.25) is 9.59 Å². The number of amides is 2. The van der Waals surface area contributed by atoms with Crippen LogP contribution < -0.4 is 5.32 Å². The van der Waals surface area contributed by atoms with E-state index >= 15 is 0 Å². The maximum absolute atomic E-state index is 12.7. The number of benzene rings is 2. The van der Waals surface area contributed by atoms with Crippen molar-refractivity contribution in [1.29, 1.82) is 0 Å². The summed E-state index contributed by atoms with van der Waals surface area (Å²) in [5, 5.41) is 11.5. The average molecular weight is 440 g/mol. The summed E-state index contributed by atoms with van der Waals surface area (Å²) in [5.74, 6) is -0.417. The molecular formula is C23H22ClN3O2S. The average Bonchev–Trinajstić information content (AvgIpc) is 2.76. The van der Waals surface area contributed by atoms with Crippen LogP contribution in [0.15, 0.2) is 68.7 Å². The molecule has 1 heterocycles. The predicted molar refractivity (Wildman–Crippen MR) is 120 cm³/mol. The number of rotatable bonds is 5. The number of azo groups is 1. The van der Waals surface area contributed by atoms with E-state index in [-0.39, 0.29) is 17.9 Å². The van der Waals surface area contributed by atoms with Crippen LogP contribution in [0.25, 0.3) is 0 Å². The zero-order chi connectivity index (χ0) is 21.1. The lowest BCUT2D eigenvalue weighted by atomic mass is 9.84. The van der Waals surface area contributed by atoms with Gasteiger partial charge in [-0.05, 0) is 73.4 Å². The second kappa shape index (κ2) is 9.14. The van der Waals surface area contributed by atoms with Crippen molar-refractivity contribution in [2.75, 3.05) is 11.6 Å². The molecule has 1 unspecified atom stereocenters. The molecule has 0 spiro atoms. The van der Waals surface area contributed by atoms with Gasteiger partial charge >= 0.3 is 0 Å². The minimum Gasteiger partial charge on any atom is -0.322 e. The molecule has 5 nitrogen and oxygen atoms in total. The third-order valence-electron chi connectivity index (χ3n) is 5.49. The molecule has 0 saturated carbocycles. The van der Waals surface area contributed by atoms with Crippen molar-refractivity contribution in [2.24, 2.45) is 10.2 Å². The minimum atomic E-state index is -0.242. The Morgan fingerprint density at radius 2 is 2.03 bits per heavy atom. The van der Waals surface area contributed by atoms with Crippen LogP contribution >= 0.6 is 23.4 Å². The van der Waals surface area contributed by atoms with E-state index in [1.54, 1.807) is 23.9 Å². The summed E-state index contributed by atoms with van der Waals surface area (Å²) < 4.78 is 0. The van der Waals surface area contributed by atoms with Gasteiger partial charge in [-0.1, -0.05) is 23.7 Å². The van der Waals surface area contributed by atoms with Gasteiger partial charge in [0, 0.05) is 22.6 Å². The van der Waals surface area contributed by atoms with Gasteiger partial charge in [-0.2, -0.15) is 5.11 Å². The molecular weight excluding hydrogens is 418 g/mol. The molecule has 1 atom stereocenters. The Labute approximate surface area is 185 Å². The van der Waals surface area contributed by atoms with Gasteiger partial charge in [0.15, 0.2) is 0 Å². The van der Waals surface area contributed by atoms with Gasteiger partial charge in [0.25, 0.3) is 11.8 Å². The number of nitrogens with one attached hydrogen (secondary N) is 1. The molecule has 2 aliphatic rings.